The van der Waals surface area contributed by atoms with E-state index in [1.165, 1.54) is 12.0 Å². The molecule has 4 nitrogen and oxygen atoms in total. The highest BCUT2D eigenvalue weighted by Gasteiger charge is 2.41. The summed E-state index contributed by atoms with van der Waals surface area (Å²) >= 11 is 3.51. The Balaban J connectivity index is 1.52. The predicted molar refractivity (Wildman–Crippen MR) is 136 cm³/mol. The fraction of sp³-hybridized carbons (Fsp3) is 0.379. The van der Waals surface area contributed by atoms with Gasteiger partial charge in [0.05, 0.1) is 5.57 Å². The first-order valence-corrected chi connectivity index (χ1v) is 13.1. The second-order valence-electron chi connectivity index (χ2n) is 9.64. The van der Waals surface area contributed by atoms with E-state index in [4.69, 9.17) is 4.74 Å². The molecule has 0 bridgehead atoms. The number of rotatable bonds is 4. The molecule has 2 atom stereocenters. The highest BCUT2D eigenvalue weighted by Crippen LogP contribution is 2.46. The van der Waals surface area contributed by atoms with Crippen molar-refractivity contribution in [3.05, 3.63) is 92.7 Å². The largest absolute Gasteiger partial charge is 0.459 e. The number of ether oxygens (including phenoxy) is 1. The number of carbonyl (C=O) groups excluding carboxylic acids is 2. The van der Waals surface area contributed by atoms with E-state index in [0.717, 1.165) is 59.1 Å². The number of esters is 1. The third-order valence-electron chi connectivity index (χ3n) is 7.35. The molecule has 0 amide bonds. The van der Waals surface area contributed by atoms with Crippen LogP contribution in [0.1, 0.15) is 74.8 Å². The molecule has 1 heterocycles. The molecule has 5 heteroatoms. The Bertz CT molecular complexity index is 1140. The van der Waals surface area contributed by atoms with Gasteiger partial charge in [0.2, 0.25) is 0 Å². The summed E-state index contributed by atoms with van der Waals surface area (Å²) in [6.07, 6.45) is 6.39. The molecule has 0 spiro atoms. The molecular weight excluding hydrogens is 490 g/mol. The number of hydrogen-bond donors (Lipinski definition) is 1. The van der Waals surface area contributed by atoms with Crippen LogP contribution in [0.3, 0.4) is 0 Å². The molecule has 1 N–H and O–H groups in total. The Labute approximate surface area is 209 Å². The lowest BCUT2D eigenvalue weighted by molar-refractivity contribution is -0.146. The number of benzene rings is 2. The minimum absolute atomic E-state index is 0.0352. The highest BCUT2D eigenvalue weighted by atomic mass is 79.9. The fourth-order valence-corrected chi connectivity index (χ4v) is 5.92. The van der Waals surface area contributed by atoms with Crippen LogP contribution in [0, 0.1) is 0 Å². The molecule has 176 valence electrons. The minimum atomic E-state index is -0.412. The summed E-state index contributed by atoms with van der Waals surface area (Å²) in [5.74, 6) is -0.473. The highest BCUT2D eigenvalue weighted by molar-refractivity contribution is 9.10. The number of nitrogens with one attached hydrogen (secondary N) is 1. The molecule has 1 aliphatic heterocycles. The van der Waals surface area contributed by atoms with Gasteiger partial charge in [0, 0.05) is 33.8 Å². The maximum atomic E-state index is 13.6. The molecular formula is C29H30BrNO3. The summed E-state index contributed by atoms with van der Waals surface area (Å²) in [6.45, 7) is 1.93. The number of dihydropyridines is 1. The SMILES string of the molecule is CC1=C(C(=O)OC2CCCCC2)[C@H](c2ccc(Br)cc2)C2=C(C[C@H](c3ccccc3)CC2=O)N1. The third-order valence-corrected chi connectivity index (χ3v) is 7.88. The van der Waals surface area contributed by atoms with Gasteiger partial charge in [-0.1, -0.05) is 64.8 Å². The van der Waals surface area contributed by atoms with Crippen LogP contribution >= 0.6 is 15.9 Å². The molecule has 3 aliphatic rings. The van der Waals surface area contributed by atoms with Gasteiger partial charge >= 0.3 is 5.97 Å². The van der Waals surface area contributed by atoms with Gasteiger partial charge in [0.1, 0.15) is 6.10 Å². The first-order valence-electron chi connectivity index (χ1n) is 12.3. The summed E-state index contributed by atoms with van der Waals surface area (Å²) in [6, 6.07) is 18.2. The number of hydrogen-bond acceptors (Lipinski definition) is 4. The smallest absolute Gasteiger partial charge is 0.337 e. The average molecular weight is 520 g/mol. The first-order chi connectivity index (χ1) is 16.5. The standard InChI is InChI=1S/C29H30BrNO3/c1-18-26(29(33)34-23-10-6-3-7-11-23)27(20-12-14-22(30)15-13-20)28-24(31-18)16-21(17-25(28)32)19-8-4-2-5-9-19/h2,4-5,8-9,12-15,21,23,27,31H,3,6-7,10-11,16-17H2,1H3/t21-,27-/m0/s1. The van der Waals surface area contributed by atoms with Gasteiger partial charge in [-0.25, -0.2) is 4.79 Å². The molecule has 1 saturated carbocycles. The van der Waals surface area contributed by atoms with Crippen LogP contribution < -0.4 is 5.32 Å². The lowest BCUT2D eigenvalue weighted by Crippen LogP contribution is -2.37. The summed E-state index contributed by atoms with van der Waals surface area (Å²) in [7, 11) is 0. The van der Waals surface area contributed by atoms with Crippen molar-refractivity contribution in [3.8, 4) is 0 Å². The molecule has 2 aromatic carbocycles. The Morgan fingerprint density at radius 3 is 2.35 bits per heavy atom. The van der Waals surface area contributed by atoms with E-state index in [2.05, 4.69) is 33.4 Å². The van der Waals surface area contributed by atoms with E-state index in [1.54, 1.807) is 0 Å². The van der Waals surface area contributed by atoms with E-state index in [-0.39, 0.29) is 23.8 Å². The Kier molecular flexibility index (Phi) is 6.73. The molecule has 2 aromatic rings. The third kappa shape index (κ3) is 4.63. The zero-order valence-corrected chi connectivity index (χ0v) is 21.1. The van der Waals surface area contributed by atoms with Crippen molar-refractivity contribution in [1.29, 1.82) is 0 Å². The lowest BCUT2D eigenvalue weighted by Gasteiger charge is -2.37. The van der Waals surface area contributed by atoms with Gasteiger partial charge in [-0.05, 0) is 68.2 Å². The number of Topliss-reactive ketones (excluding diaryl/α,β-unsaturated/α-hetero) is 1. The molecule has 0 aromatic heterocycles. The number of allylic oxidation sites excluding steroid dienone is 3. The van der Waals surface area contributed by atoms with Crippen LogP contribution in [0.5, 0.6) is 0 Å². The molecule has 0 saturated heterocycles. The summed E-state index contributed by atoms with van der Waals surface area (Å²) in [4.78, 5) is 27.2. The molecule has 1 fully saturated rings. The topological polar surface area (TPSA) is 55.4 Å². The van der Waals surface area contributed by atoms with Crippen molar-refractivity contribution in [2.75, 3.05) is 0 Å². The molecule has 2 aliphatic carbocycles. The Hall–Kier alpha value is -2.66. The van der Waals surface area contributed by atoms with Crippen molar-refractivity contribution in [1.82, 2.24) is 5.32 Å². The van der Waals surface area contributed by atoms with E-state index in [1.807, 2.05) is 49.4 Å². The summed E-state index contributed by atoms with van der Waals surface area (Å²) < 4.78 is 6.97. The van der Waals surface area contributed by atoms with Gasteiger partial charge in [0.15, 0.2) is 5.78 Å². The van der Waals surface area contributed by atoms with Crippen LogP contribution in [-0.2, 0) is 14.3 Å². The molecule has 34 heavy (non-hydrogen) atoms. The lowest BCUT2D eigenvalue weighted by atomic mass is 9.72. The van der Waals surface area contributed by atoms with E-state index >= 15 is 0 Å². The maximum Gasteiger partial charge on any atom is 0.337 e. The summed E-state index contributed by atoms with van der Waals surface area (Å²) in [5.41, 5.74) is 5.12. The number of carbonyl (C=O) groups is 2. The van der Waals surface area contributed by atoms with Crippen LogP contribution in [0.15, 0.2) is 81.6 Å². The normalized spacial score (nSPS) is 23.4. The van der Waals surface area contributed by atoms with Crippen molar-refractivity contribution >= 4 is 27.7 Å². The van der Waals surface area contributed by atoms with Crippen LogP contribution in [0.4, 0.5) is 0 Å². The Morgan fingerprint density at radius 2 is 1.65 bits per heavy atom. The Morgan fingerprint density at radius 1 is 0.941 bits per heavy atom. The first kappa shape index (κ1) is 23.1. The van der Waals surface area contributed by atoms with Gasteiger partial charge < -0.3 is 10.1 Å². The van der Waals surface area contributed by atoms with Crippen LogP contribution in [0.25, 0.3) is 0 Å². The van der Waals surface area contributed by atoms with Crippen molar-refractivity contribution in [2.45, 2.75) is 69.8 Å². The quantitative estimate of drug-likeness (QED) is 0.457. The molecule has 5 rings (SSSR count). The molecule has 0 unspecified atom stereocenters. The second kappa shape index (κ2) is 9.91. The zero-order valence-electron chi connectivity index (χ0n) is 19.5. The van der Waals surface area contributed by atoms with Gasteiger partial charge in [-0.15, -0.1) is 0 Å². The van der Waals surface area contributed by atoms with Crippen molar-refractivity contribution in [2.24, 2.45) is 0 Å². The monoisotopic (exact) mass is 519 g/mol. The van der Waals surface area contributed by atoms with E-state index in [9.17, 15) is 9.59 Å². The van der Waals surface area contributed by atoms with E-state index < -0.39 is 5.92 Å². The van der Waals surface area contributed by atoms with Crippen LogP contribution in [0.2, 0.25) is 0 Å². The van der Waals surface area contributed by atoms with Gasteiger partial charge in [-0.2, -0.15) is 0 Å². The summed E-state index contributed by atoms with van der Waals surface area (Å²) in [5, 5.41) is 3.46. The van der Waals surface area contributed by atoms with Gasteiger partial charge in [-0.3, -0.25) is 4.79 Å². The number of halogens is 1. The predicted octanol–water partition coefficient (Wildman–Crippen LogP) is 6.69. The second-order valence-corrected chi connectivity index (χ2v) is 10.6. The maximum absolute atomic E-state index is 13.6. The zero-order chi connectivity index (χ0) is 23.7. The van der Waals surface area contributed by atoms with E-state index in [0.29, 0.717) is 12.0 Å². The number of ketones is 1. The molecule has 0 radical (unpaired) electrons. The minimum Gasteiger partial charge on any atom is -0.459 e. The van der Waals surface area contributed by atoms with Crippen molar-refractivity contribution < 1.29 is 14.3 Å². The van der Waals surface area contributed by atoms with Crippen molar-refractivity contribution in [3.63, 3.8) is 0 Å². The van der Waals surface area contributed by atoms with Crippen LogP contribution in [-0.4, -0.2) is 17.9 Å². The van der Waals surface area contributed by atoms with Gasteiger partial charge in [0.25, 0.3) is 0 Å². The average Bonchev–Trinajstić information content (AvgIpc) is 2.84. The fourth-order valence-electron chi connectivity index (χ4n) is 5.66.